The second-order valence-electron chi connectivity index (χ2n) is 4.91. The predicted molar refractivity (Wildman–Crippen MR) is 71.4 cm³/mol. The van der Waals surface area contributed by atoms with Crippen LogP contribution in [0.4, 0.5) is 5.69 Å². The van der Waals surface area contributed by atoms with E-state index in [0.29, 0.717) is 0 Å². The van der Waals surface area contributed by atoms with Gasteiger partial charge in [0.05, 0.1) is 6.54 Å². The number of likely N-dealkylation sites (tertiary alicyclic amines) is 1. The van der Waals surface area contributed by atoms with Crippen LogP contribution in [0.2, 0.25) is 0 Å². The fourth-order valence-electron chi connectivity index (χ4n) is 2.37. The average Bonchev–Trinajstić information content (AvgIpc) is 2.70. The van der Waals surface area contributed by atoms with Gasteiger partial charge in [0.1, 0.15) is 6.23 Å². The number of benzene rings is 1. The van der Waals surface area contributed by atoms with Gasteiger partial charge < -0.3 is 10.4 Å². The van der Waals surface area contributed by atoms with Crippen molar-refractivity contribution in [1.29, 1.82) is 0 Å². The summed E-state index contributed by atoms with van der Waals surface area (Å²) in [5.41, 5.74) is 3.01. The van der Waals surface area contributed by atoms with Crippen LogP contribution in [0.15, 0.2) is 18.2 Å². The molecule has 1 saturated heterocycles. The fraction of sp³-hybridized carbons (Fsp3) is 0.500. The van der Waals surface area contributed by atoms with Crippen molar-refractivity contribution >= 4 is 11.6 Å². The van der Waals surface area contributed by atoms with Gasteiger partial charge in [0.25, 0.3) is 0 Å². The van der Waals surface area contributed by atoms with Crippen molar-refractivity contribution in [2.75, 3.05) is 18.4 Å². The number of amides is 1. The second kappa shape index (κ2) is 5.50. The number of anilines is 1. The molecule has 0 spiro atoms. The summed E-state index contributed by atoms with van der Waals surface area (Å²) in [4.78, 5) is 13.8. The fourth-order valence-corrected chi connectivity index (χ4v) is 2.37. The third-order valence-corrected chi connectivity index (χ3v) is 3.42. The van der Waals surface area contributed by atoms with Gasteiger partial charge in [-0.3, -0.25) is 9.69 Å². The van der Waals surface area contributed by atoms with Crippen molar-refractivity contribution < 1.29 is 9.90 Å². The molecule has 4 heteroatoms. The van der Waals surface area contributed by atoms with Gasteiger partial charge in [0.2, 0.25) is 5.91 Å². The van der Waals surface area contributed by atoms with Gasteiger partial charge in [-0.15, -0.1) is 0 Å². The molecular formula is C14H20N2O2. The number of aryl methyl sites for hydroxylation is 2. The number of carbonyl (C=O) groups is 1. The number of rotatable bonds is 3. The Morgan fingerprint density at radius 3 is 2.67 bits per heavy atom. The van der Waals surface area contributed by atoms with E-state index < -0.39 is 6.23 Å². The number of aliphatic hydroxyl groups excluding tert-OH is 1. The predicted octanol–water partition coefficient (Wildman–Crippen LogP) is 1.66. The molecule has 1 amide bonds. The molecule has 1 aliphatic rings. The summed E-state index contributed by atoms with van der Waals surface area (Å²) in [5.74, 6) is -0.0617. The molecule has 4 nitrogen and oxygen atoms in total. The summed E-state index contributed by atoms with van der Waals surface area (Å²) in [6.45, 7) is 5.01. The zero-order valence-electron chi connectivity index (χ0n) is 10.9. The second-order valence-corrected chi connectivity index (χ2v) is 4.91. The molecule has 0 bridgehead atoms. The number of carbonyl (C=O) groups excluding carboxylic acids is 1. The van der Waals surface area contributed by atoms with Crippen LogP contribution in [-0.2, 0) is 4.79 Å². The normalized spacial score (nSPS) is 20.1. The number of hydrogen-bond acceptors (Lipinski definition) is 3. The van der Waals surface area contributed by atoms with E-state index in [1.54, 1.807) is 0 Å². The minimum atomic E-state index is -0.464. The van der Waals surface area contributed by atoms with Gasteiger partial charge in [0, 0.05) is 12.2 Å². The van der Waals surface area contributed by atoms with Crippen molar-refractivity contribution in [3.05, 3.63) is 29.3 Å². The van der Waals surface area contributed by atoms with E-state index in [4.69, 9.17) is 0 Å². The summed E-state index contributed by atoms with van der Waals surface area (Å²) in [6, 6.07) is 5.94. The zero-order chi connectivity index (χ0) is 13.1. The van der Waals surface area contributed by atoms with Crippen molar-refractivity contribution in [2.24, 2.45) is 0 Å². The molecule has 2 rings (SSSR count). The Bertz CT molecular complexity index is 425. The maximum Gasteiger partial charge on any atom is 0.238 e. The van der Waals surface area contributed by atoms with Crippen LogP contribution in [0.3, 0.4) is 0 Å². The van der Waals surface area contributed by atoms with E-state index in [9.17, 15) is 9.90 Å². The lowest BCUT2D eigenvalue weighted by atomic mass is 10.1. The molecule has 1 aromatic rings. The molecule has 1 atom stereocenters. The third kappa shape index (κ3) is 2.89. The van der Waals surface area contributed by atoms with Crippen LogP contribution in [-0.4, -0.2) is 35.2 Å². The summed E-state index contributed by atoms with van der Waals surface area (Å²) in [6.07, 6.45) is 1.25. The Labute approximate surface area is 108 Å². The van der Waals surface area contributed by atoms with Gasteiger partial charge >= 0.3 is 0 Å². The Morgan fingerprint density at radius 1 is 1.44 bits per heavy atom. The molecule has 1 aromatic carbocycles. The molecule has 0 aliphatic carbocycles. The molecule has 18 heavy (non-hydrogen) atoms. The van der Waals surface area contributed by atoms with E-state index >= 15 is 0 Å². The lowest BCUT2D eigenvalue weighted by Gasteiger charge is -2.20. The lowest BCUT2D eigenvalue weighted by molar-refractivity contribution is -0.119. The molecule has 2 N–H and O–H groups in total. The first-order valence-corrected chi connectivity index (χ1v) is 6.36. The molecule has 1 heterocycles. The summed E-state index contributed by atoms with van der Waals surface area (Å²) in [5, 5.41) is 12.6. The third-order valence-electron chi connectivity index (χ3n) is 3.42. The van der Waals surface area contributed by atoms with Crippen LogP contribution in [0.5, 0.6) is 0 Å². The van der Waals surface area contributed by atoms with E-state index in [0.717, 1.165) is 36.2 Å². The number of nitrogens with zero attached hydrogens (tertiary/aromatic N) is 1. The zero-order valence-corrected chi connectivity index (χ0v) is 10.9. The van der Waals surface area contributed by atoms with Crippen molar-refractivity contribution in [3.8, 4) is 0 Å². The molecule has 1 unspecified atom stereocenters. The smallest absolute Gasteiger partial charge is 0.238 e. The molecule has 0 saturated carbocycles. The number of para-hydroxylation sites is 1. The first-order chi connectivity index (χ1) is 8.58. The van der Waals surface area contributed by atoms with Crippen molar-refractivity contribution in [3.63, 3.8) is 0 Å². The standard InChI is InChI=1S/C14H20N2O2/c1-10-5-3-6-11(2)14(10)15-12(17)9-16-8-4-7-13(16)18/h3,5-6,13,18H,4,7-9H2,1-2H3,(H,15,17). The quantitative estimate of drug-likeness (QED) is 0.855. The first kappa shape index (κ1) is 13.1. The van der Waals surface area contributed by atoms with E-state index in [1.165, 1.54) is 0 Å². The highest BCUT2D eigenvalue weighted by molar-refractivity contribution is 5.93. The SMILES string of the molecule is Cc1cccc(C)c1NC(=O)CN1CCCC1O. The van der Waals surface area contributed by atoms with Crippen LogP contribution in [0.25, 0.3) is 0 Å². The first-order valence-electron chi connectivity index (χ1n) is 6.36. The number of nitrogens with one attached hydrogen (secondary N) is 1. The molecule has 98 valence electrons. The highest BCUT2D eigenvalue weighted by atomic mass is 16.3. The van der Waals surface area contributed by atoms with Crippen LogP contribution < -0.4 is 5.32 Å². The minimum Gasteiger partial charge on any atom is -0.378 e. The highest BCUT2D eigenvalue weighted by Gasteiger charge is 2.24. The van der Waals surface area contributed by atoms with Crippen molar-refractivity contribution in [1.82, 2.24) is 4.90 Å². The summed E-state index contributed by atoms with van der Waals surface area (Å²) < 4.78 is 0. The van der Waals surface area contributed by atoms with Crippen LogP contribution >= 0.6 is 0 Å². The Hall–Kier alpha value is -1.39. The van der Waals surface area contributed by atoms with Gasteiger partial charge in [-0.2, -0.15) is 0 Å². The van der Waals surface area contributed by atoms with Gasteiger partial charge in [-0.05, 0) is 37.8 Å². The number of hydrogen-bond donors (Lipinski definition) is 2. The van der Waals surface area contributed by atoms with Crippen LogP contribution in [0, 0.1) is 13.8 Å². The minimum absolute atomic E-state index is 0.0617. The van der Waals surface area contributed by atoms with Gasteiger partial charge in [-0.1, -0.05) is 18.2 Å². The summed E-state index contributed by atoms with van der Waals surface area (Å²) >= 11 is 0. The Morgan fingerprint density at radius 2 is 2.11 bits per heavy atom. The monoisotopic (exact) mass is 248 g/mol. The van der Waals surface area contributed by atoms with Crippen molar-refractivity contribution in [2.45, 2.75) is 32.9 Å². The van der Waals surface area contributed by atoms with Crippen LogP contribution in [0.1, 0.15) is 24.0 Å². The average molecular weight is 248 g/mol. The molecule has 1 fully saturated rings. The summed E-state index contributed by atoms with van der Waals surface area (Å²) in [7, 11) is 0. The largest absolute Gasteiger partial charge is 0.378 e. The topological polar surface area (TPSA) is 52.6 Å². The van der Waals surface area contributed by atoms with E-state index in [1.807, 2.05) is 36.9 Å². The molecule has 0 radical (unpaired) electrons. The Kier molecular flexibility index (Phi) is 3.99. The van der Waals surface area contributed by atoms with Gasteiger partial charge in [-0.25, -0.2) is 0 Å². The Balaban J connectivity index is 1.99. The molecule has 1 aliphatic heterocycles. The van der Waals surface area contributed by atoms with Gasteiger partial charge in [0.15, 0.2) is 0 Å². The molecular weight excluding hydrogens is 228 g/mol. The maximum atomic E-state index is 12.0. The van der Waals surface area contributed by atoms with E-state index in [2.05, 4.69) is 5.32 Å². The van der Waals surface area contributed by atoms with E-state index in [-0.39, 0.29) is 12.5 Å². The highest BCUT2D eigenvalue weighted by Crippen LogP contribution is 2.20. The lowest BCUT2D eigenvalue weighted by Crippen LogP contribution is -2.36. The number of aliphatic hydroxyl groups is 1. The maximum absolute atomic E-state index is 12.0. The molecule has 0 aromatic heterocycles.